The minimum Gasteiger partial charge on any atom is -0.508 e. The van der Waals surface area contributed by atoms with Crippen LogP contribution < -0.4 is 10.9 Å². The second-order valence-electron chi connectivity index (χ2n) is 6.96. The zero-order chi connectivity index (χ0) is 21.8. The minimum atomic E-state index is -1.15. The van der Waals surface area contributed by atoms with E-state index in [2.05, 4.69) is 5.32 Å². The number of halogens is 1. The second kappa shape index (κ2) is 9.00. The molecule has 1 aromatic heterocycles. The molecule has 0 saturated heterocycles. The van der Waals surface area contributed by atoms with E-state index in [4.69, 9.17) is 16.0 Å². The summed E-state index contributed by atoms with van der Waals surface area (Å²) in [5.41, 5.74) is 1.40. The van der Waals surface area contributed by atoms with Crippen LogP contribution >= 0.6 is 11.6 Å². The monoisotopic (exact) mass is 429 g/mol. The van der Waals surface area contributed by atoms with E-state index in [0.29, 0.717) is 21.5 Å². The summed E-state index contributed by atoms with van der Waals surface area (Å²) < 4.78 is 5.24. The van der Waals surface area contributed by atoms with Crippen LogP contribution in [0.3, 0.4) is 0 Å². The molecule has 156 valence electrons. The lowest BCUT2D eigenvalue weighted by Crippen LogP contribution is -2.42. The van der Waals surface area contributed by atoms with Crippen LogP contribution in [0, 0.1) is 6.92 Å². The van der Waals surface area contributed by atoms with E-state index in [0.717, 1.165) is 5.56 Å². The van der Waals surface area contributed by atoms with Gasteiger partial charge in [0.05, 0.1) is 0 Å². The first-order valence-corrected chi connectivity index (χ1v) is 9.64. The van der Waals surface area contributed by atoms with Gasteiger partial charge in [-0.2, -0.15) is 0 Å². The topological polar surface area (TPSA) is 117 Å². The smallest absolute Gasteiger partial charge is 0.339 e. The molecule has 1 atom stereocenters. The van der Waals surface area contributed by atoms with Crippen molar-refractivity contribution in [3.8, 4) is 5.75 Å². The van der Waals surface area contributed by atoms with Crippen molar-refractivity contribution in [3.63, 3.8) is 0 Å². The third kappa shape index (κ3) is 4.99. The number of aryl methyl sites for hydroxylation is 1. The first-order valence-electron chi connectivity index (χ1n) is 9.26. The van der Waals surface area contributed by atoms with Gasteiger partial charge in [0.1, 0.15) is 17.4 Å². The summed E-state index contributed by atoms with van der Waals surface area (Å²) in [6, 6.07) is 10.1. The molecule has 0 spiro atoms. The molecule has 1 unspecified atom stereocenters. The second-order valence-corrected chi connectivity index (χ2v) is 7.40. The Kier molecular flexibility index (Phi) is 6.42. The molecule has 8 heteroatoms. The number of hydrogen-bond donors (Lipinski definition) is 3. The van der Waals surface area contributed by atoms with Crippen LogP contribution in [-0.4, -0.2) is 28.1 Å². The molecule has 2 aromatic carbocycles. The Morgan fingerprint density at radius 1 is 1.17 bits per heavy atom. The van der Waals surface area contributed by atoms with Gasteiger partial charge < -0.3 is 19.9 Å². The van der Waals surface area contributed by atoms with Crippen molar-refractivity contribution in [3.05, 3.63) is 74.6 Å². The molecule has 3 N–H and O–H groups in total. The summed E-state index contributed by atoms with van der Waals surface area (Å²) in [7, 11) is 0. The Balaban J connectivity index is 1.69. The fourth-order valence-electron chi connectivity index (χ4n) is 3.23. The number of amides is 1. The highest BCUT2D eigenvalue weighted by Crippen LogP contribution is 2.23. The lowest BCUT2D eigenvalue weighted by Gasteiger charge is -2.15. The van der Waals surface area contributed by atoms with Crippen molar-refractivity contribution in [2.75, 3.05) is 0 Å². The van der Waals surface area contributed by atoms with Gasteiger partial charge in [-0.15, -0.1) is 0 Å². The van der Waals surface area contributed by atoms with Crippen LogP contribution in [0.2, 0.25) is 5.02 Å². The number of carbonyl (C=O) groups is 2. The number of aliphatic carboxylic acids is 1. The number of phenolic OH excluding ortho intramolecular Hbond substituents is 1. The third-order valence-corrected chi connectivity index (χ3v) is 5.11. The van der Waals surface area contributed by atoms with Gasteiger partial charge in [-0.3, -0.25) is 4.79 Å². The third-order valence-electron chi connectivity index (χ3n) is 4.86. The van der Waals surface area contributed by atoms with E-state index in [1.165, 1.54) is 12.1 Å². The lowest BCUT2D eigenvalue weighted by molar-refractivity contribution is -0.141. The maximum absolute atomic E-state index is 12.3. The lowest BCUT2D eigenvalue weighted by atomic mass is 10.0. The zero-order valence-electron chi connectivity index (χ0n) is 16.1. The molecule has 0 aliphatic heterocycles. The predicted molar refractivity (Wildman–Crippen MR) is 112 cm³/mol. The van der Waals surface area contributed by atoms with Crippen molar-refractivity contribution < 1.29 is 24.2 Å². The Morgan fingerprint density at radius 3 is 2.53 bits per heavy atom. The van der Waals surface area contributed by atoms with E-state index in [9.17, 15) is 24.6 Å². The molecular formula is C22H20ClNO6. The summed E-state index contributed by atoms with van der Waals surface area (Å²) in [5, 5.41) is 22.7. The largest absolute Gasteiger partial charge is 0.508 e. The van der Waals surface area contributed by atoms with Crippen molar-refractivity contribution in [2.45, 2.75) is 32.2 Å². The average molecular weight is 430 g/mol. The molecule has 1 heterocycles. The zero-order valence-corrected chi connectivity index (χ0v) is 16.9. The molecule has 3 aromatic rings. The average Bonchev–Trinajstić information content (AvgIpc) is 2.68. The fraction of sp³-hybridized carbons (Fsp3) is 0.227. The van der Waals surface area contributed by atoms with Crippen LogP contribution in [0.1, 0.15) is 23.1 Å². The van der Waals surface area contributed by atoms with Crippen LogP contribution in [0.15, 0.2) is 51.7 Å². The minimum absolute atomic E-state index is 0.0161. The van der Waals surface area contributed by atoms with E-state index in [1.54, 1.807) is 37.3 Å². The van der Waals surface area contributed by atoms with E-state index in [-0.39, 0.29) is 30.6 Å². The molecule has 30 heavy (non-hydrogen) atoms. The SMILES string of the molecule is Cc1c(CCC(=O)NC(Cc2ccc(Cl)cc2)C(=O)O)c(=O)oc2cc(O)ccc12. The van der Waals surface area contributed by atoms with Crippen LogP contribution in [0.5, 0.6) is 5.75 Å². The summed E-state index contributed by atoms with van der Waals surface area (Å²) in [4.78, 5) is 36.2. The van der Waals surface area contributed by atoms with E-state index >= 15 is 0 Å². The molecule has 0 bridgehead atoms. The van der Waals surface area contributed by atoms with Crippen molar-refractivity contribution >= 4 is 34.4 Å². The Hall–Kier alpha value is -3.32. The van der Waals surface area contributed by atoms with Gasteiger partial charge in [0.15, 0.2) is 0 Å². The fourth-order valence-corrected chi connectivity index (χ4v) is 3.36. The van der Waals surface area contributed by atoms with Crippen molar-refractivity contribution in [1.82, 2.24) is 5.32 Å². The molecular weight excluding hydrogens is 410 g/mol. The standard InChI is InChI=1S/C22H20ClNO6/c1-12-16-7-6-15(25)11-19(16)30-22(29)17(12)8-9-20(26)24-18(21(27)28)10-13-2-4-14(23)5-3-13/h2-7,11,18,25H,8-10H2,1H3,(H,24,26)(H,27,28). The first-order chi connectivity index (χ1) is 14.2. The highest BCUT2D eigenvalue weighted by Gasteiger charge is 2.21. The number of rotatable bonds is 7. The molecule has 0 fully saturated rings. The Bertz CT molecular complexity index is 1150. The van der Waals surface area contributed by atoms with Crippen LogP contribution in [-0.2, 0) is 22.4 Å². The number of aromatic hydroxyl groups is 1. The maximum Gasteiger partial charge on any atom is 0.339 e. The number of fused-ring (bicyclic) bond motifs is 1. The highest BCUT2D eigenvalue weighted by atomic mass is 35.5. The number of phenols is 1. The highest BCUT2D eigenvalue weighted by molar-refractivity contribution is 6.30. The van der Waals surface area contributed by atoms with Gasteiger partial charge in [0, 0.05) is 34.9 Å². The molecule has 1 amide bonds. The predicted octanol–water partition coefficient (Wildman–Crippen LogP) is 3.21. The van der Waals surface area contributed by atoms with Gasteiger partial charge in [0.2, 0.25) is 5.91 Å². The molecule has 3 rings (SSSR count). The molecule has 0 saturated carbocycles. The molecule has 7 nitrogen and oxygen atoms in total. The first kappa shape index (κ1) is 21.4. The summed E-state index contributed by atoms with van der Waals surface area (Å²) in [5.74, 6) is -1.65. The van der Waals surface area contributed by atoms with Gasteiger partial charge in [0.25, 0.3) is 0 Å². The van der Waals surface area contributed by atoms with Crippen molar-refractivity contribution in [2.24, 2.45) is 0 Å². The number of hydrogen-bond acceptors (Lipinski definition) is 5. The van der Waals surface area contributed by atoms with Gasteiger partial charge in [-0.1, -0.05) is 23.7 Å². The summed E-state index contributed by atoms with van der Waals surface area (Å²) in [6.45, 7) is 1.74. The molecule has 0 aliphatic rings. The van der Waals surface area contributed by atoms with Crippen LogP contribution in [0.4, 0.5) is 0 Å². The number of carboxylic acids is 1. The van der Waals surface area contributed by atoms with Crippen LogP contribution in [0.25, 0.3) is 11.0 Å². The maximum atomic E-state index is 12.3. The van der Waals surface area contributed by atoms with Crippen molar-refractivity contribution in [1.29, 1.82) is 0 Å². The number of benzene rings is 2. The molecule has 0 aliphatic carbocycles. The summed E-state index contributed by atoms with van der Waals surface area (Å²) >= 11 is 5.83. The Morgan fingerprint density at radius 2 is 1.87 bits per heavy atom. The van der Waals surface area contributed by atoms with E-state index in [1.807, 2.05) is 0 Å². The Labute approximate surface area is 176 Å². The van der Waals surface area contributed by atoms with Gasteiger partial charge in [-0.25, -0.2) is 9.59 Å². The van der Waals surface area contributed by atoms with Gasteiger partial charge in [-0.05, 0) is 48.7 Å². The molecule has 0 radical (unpaired) electrons. The number of carbonyl (C=O) groups excluding carboxylic acids is 1. The van der Waals surface area contributed by atoms with Gasteiger partial charge >= 0.3 is 11.6 Å². The number of carboxylic acid groups (broad SMARTS) is 1. The summed E-state index contributed by atoms with van der Waals surface area (Å²) in [6.07, 6.45) is 0.141. The van der Waals surface area contributed by atoms with E-state index < -0.39 is 23.5 Å². The quantitative estimate of drug-likeness (QED) is 0.496. The number of nitrogens with one attached hydrogen (secondary N) is 1. The normalized spacial score (nSPS) is 11.9.